The molecule has 0 aliphatic carbocycles. The number of anilines is 1. The van der Waals surface area contributed by atoms with Crippen LogP contribution in [-0.2, 0) is 19.4 Å². The number of fused-ring (bicyclic) bond motifs is 1. The number of carbonyl (C=O) groups is 2. The van der Waals surface area contributed by atoms with E-state index >= 15 is 0 Å². The SMILES string of the molecule is CC(C)(C)OC(=O)N[C@H]1CS(=O)(=O)c2cc(F)c(C#N)cc2NC1=O. The minimum Gasteiger partial charge on any atom is -0.444 e. The van der Waals surface area contributed by atoms with Crippen LogP contribution in [0.4, 0.5) is 14.9 Å². The van der Waals surface area contributed by atoms with Gasteiger partial charge in [-0.25, -0.2) is 17.6 Å². The van der Waals surface area contributed by atoms with Crippen LogP contribution in [0.25, 0.3) is 0 Å². The predicted molar refractivity (Wildman–Crippen MR) is 85.0 cm³/mol. The van der Waals surface area contributed by atoms with E-state index in [0.29, 0.717) is 6.07 Å². The standard InChI is InChI=1S/C15H16FN3O5S/c1-15(2,3)24-14(21)19-11-7-25(22,23)12-5-9(16)8(6-17)4-10(12)18-13(11)20/h4-5,11H,7H2,1-3H3,(H,18,20)(H,19,21)/t11-/m0/s1. The van der Waals surface area contributed by atoms with E-state index in [2.05, 4.69) is 10.6 Å². The second-order valence-corrected chi connectivity index (χ2v) is 8.41. The van der Waals surface area contributed by atoms with E-state index in [1.807, 2.05) is 0 Å². The van der Waals surface area contributed by atoms with Crippen molar-refractivity contribution < 1.29 is 27.1 Å². The quantitative estimate of drug-likeness (QED) is 0.769. The third-order valence-corrected chi connectivity index (χ3v) is 4.96. The number of nitrogens with zero attached hydrogens (tertiary/aromatic N) is 1. The molecule has 0 spiro atoms. The Morgan fingerprint density at radius 1 is 1.44 bits per heavy atom. The highest BCUT2D eigenvalue weighted by Gasteiger charge is 2.35. The van der Waals surface area contributed by atoms with Crippen molar-refractivity contribution >= 4 is 27.5 Å². The lowest BCUT2D eigenvalue weighted by molar-refractivity contribution is -0.117. The first-order chi connectivity index (χ1) is 11.4. The smallest absolute Gasteiger partial charge is 0.408 e. The number of rotatable bonds is 1. The van der Waals surface area contributed by atoms with Gasteiger partial charge in [0.2, 0.25) is 5.91 Å². The van der Waals surface area contributed by atoms with E-state index in [4.69, 9.17) is 10.00 Å². The van der Waals surface area contributed by atoms with Crippen molar-refractivity contribution in [3.63, 3.8) is 0 Å². The van der Waals surface area contributed by atoms with Crippen LogP contribution in [0.3, 0.4) is 0 Å². The largest absolute Gasteiger partial charge is 0.444 e. The molecule has 2 amide bonds. The van der Waals surface area contributed by atoms with Gasteiger partial charge in [0.15, 0.2) is 9.84 Å². The maximum atomic E-state index is 13.8. The fourth-order valence-electron chi connectivity index (χ4n) is 2.16. The van der Waals surface area contributed by atoms with Crippen LogP contribution >= 0.6 is 0 Å². The molecule has 0 unspecified atom stereocenters. The highest BCUT2D eigenvalue weighted by Crippen LogP contribution is 2.29. The fourth-order valence-corrected chi connectivity index (χ4v) is 3.74. The molecule has 2 rings (SSSR count). The Hall–Kier alpha value is -2.67. The molecular weight excluding hydrogens is 353 g/mol. The number of nitriles is 1. The van der Waals surface area contributed by atoms with E-state index in [1.54, 1.807) is 26.8 Å². The van der Waals surface area contributed by atoms with Crippen molar-refractivity contribution in [3.05, 3.63) is 23.5 Å². The Morgan fingerprint density at radius 2 is 2.08 bits per heavy atom. The number of benzene rings is 1. The molecule has 1 aliphatic heterocycles. The molecule has 2 N–H and O–H groups in total. The topological polar surface area (TPSA) is 125 Å². The number of amides is 2. The van der Waals surface area contributed by atoms with Crippen molar-refractivity contribution in [3.8, 4) is 6.07 Å². The van der Waals surface area contributed by atoms with Gasteiger partial charge in [-0.2, -0.15) is 5.26 Å². The predicted octanol–water partition coefficient (Wildman–Crippen LogP) is 1.32. The van der Waals surface area contributed by atoms with E-state index in [1.165, 1.54) is 0 Å². The Kier molecular flexibility index (Phi) is 4.72. The second-order valence-electron chi connectivity index (χ2n) is 6.41. The van der Waals surface area contributed by atoms with Crippen molar-refractivity contribution in [1.82, 2.24) is 5.32 Å². The van der Waals surface area contributed by atoms with E-state index < -0.39 is 55.5 Å². The summed E-state index contributed by atoms with van der Waals surface area (Å²) < 4.78 is 43.6. The molecule has 134 valence electrons. The highest BCUT2D eigenvalue weighted by molar-refractivity contribution is 7.91. The van der Waals surface area contributed by atoms with Gasteiger partial charge in [-0.05, 0) is 32.9 Å². The maximum absolute atomic E-state index is 13.8. The number of alkyl carbamates (subject to hydrolysis) is 1. The molecule has 25 heavy (non-hydrogen) atoms. The Morgan fingerprint density at radius 3 is 2.64 bits per heavy atom. The molecule has 10 heteroatoms. The molecule has 0 aromatic heterocycles. The lowest BCUT2D eigenvalue weighted by atomic mass is 10.2. The van der Waals surface area contributed by atoms with Crippen LogP contribution in [0.5, 0.6) is 0 Å². The van der Waals surface area contributed by atoms with Gasteiger partial charge in [0, 0.05) is 0 Å². The molecular formula is C15H16FN3O5S. The van der Waals surface area contributed by atoms with Gasteiger partial charge in [0.1, 0.15) is 23.5 Å². The summed E-state index contributed by atoms with van der Waals surface area (Å²) in [7, 11) is -4.10. The van der Waals surface area contributed by atoms with Crippen molar-refractivity contribution in [2.45, 2.75) is 37.3 Å². The van der Waals surface area contributed by atoms with Gasteiger partial charge in [-0.1, -0.05) is 0 Å². The minimum atomic E-state index is -4.10. The molecule has 1 aromatic carbocycles. The van der Waals surface area contributed by atoms with Crippen molar-refractivity contribution in [2.75, 3.05) is 11.1 Å². The summed E-state index contributed by atoms with van der Waals surface area (Å²) in [4.78, 5) is 23.6. The van der Waals surface area contributed by atoms with Crippen LogP contribution in [-0.4, -0.2) is 37.8 Å². The fraction of sp³-hybridized carbons (Fsp3) is 0.400. The Labute approximate surface area is 143 Å². The third kappa shape index (κ3) is 4.24. The molecule has 0 saturated carbocycles. The van der Waals surface area contributed by atoms with E-state index in [-0.39, 0.29) is 5.69 Å². The zero-order valence-corrected chi connectivity index (χ0v) is 14.5. The van der Waals surface area contributed by atoms with Crippen LogP contribution in [0.15, 0.2) is 17.0 Å². The van der Waals surface area contributed by atoms with Crippen LogP contribution in [0.2, 0.25) is 0 Å². The molecule has 1 atom stereocenters. The Balaban J connectivity index is 2.36. The molecule has 1 aromatic rings. The molecule has 0 fully saturated rings. The molecule has 0 saturated heterocycles. The third-order valence-electron chi connectivity index (χ3n) is 3.18. The highest BCUT2D eigenvalue weighted by atomic mass is 32.2. The van der Waals surface area contributed by atoms with Gasteiger partial charge in [0.05, 0.1) is 21.9 Å². The van der Waals surface area contributed by atoms with Crippen LogP contribution in [0.1, 0.15) is 26.3 Å². The molecule has 1 heterocycles. The van der Waals surface area contributed by atoms with Gasteiger partial charge in [-0.15, -0.1) is 0 Å². The first-order valence-corrected chi connectivity index (χ1v) is 8.85. The van der Waals surface area contributed by atoms with E-state index in [0.717, 1.165) is 6.07 Å². The first-order valence-electron chi connectivity index (χ1n) is 7.20. The summed E-state index contributed by atoms with van der Waals surface area (Å²) >= 11 is 0. The zero-order valence-electron chi connectivity index (χ0n) is 13.7. The summed E-state index contributed by atoms with van der Waals surface area (Å²) in [5.74, 6) is -2.60. The van der Waals surface area contributed by atoms with Gasteiger partial charge in [-0.3, -0.25) is 4.79 Å². The summed E-state index contributed by atoms with van der Waals surface area (Å²) in [5, 5.41) is 13.3. The zero-order chi connectivity index (χ0) is 19.0. The number of hydrogen-bond acceptors (Lipinski definition) is 6. The van der Waals surface area contributed by atoms with Crippen LogP contribution in [0, 0.1) is 17.1 Å². The average Bonchev–Trinajstić information content (AvgIpc) is 2.53. The summed E-state index contributed by atoms with van der Waals surface area (Å²) in [6, 6.07) is 1.76. The van der Waals surface area contributed by atoms with Gasteiger partial charge in [0.25, 0.3) is 0 Å². The number of carbonyl (C=O) groups excluding carboxylic acids is 2. The number of halogens is 1. The number of nitrogens with one attached hydrogen (secondary N) is 2. The molecule has 1 aliphatic rings. The number of ether oxygens (including phenoxy) is 1. The number of sulfone groups is 1. The maximum Gasteiger partial charge on any atom is 0.408 e. The van der Waals surface area contributed by atoms with Crippen LogP contribution < -0.4 is 10.6 Å². The molecule has 0 bridgehead atoms. The summed E-state index contributed by atoms with van der Waals surface area (Å²) in [6.45, 7) is 4.83. The monoisotopic (exact) mass is 369 g/mol. The summed E-state index contributed by atoms with van der Waals surface area (Å²) in [5.41, 5.74) is -1.46. The first kappa shape index (κ1) is 18.7. The normalized spacial score (nSPS) is 19.0. The second kappa shape index (κ2) is 6.33. The lowest BCUT2D eigenvalue weighted by Gasteiger charge is -2.22. The Bertz CT molecular complexity index is 884. The minimum absolute atomic E-state index is 0.212. The van der Waals surface area contributed by atoms with Gasteiger partial charge < -0.3 is 15.4 Å². The van der Waals surface area contributed by atoms with Crippen molar-refractivity contribution in [1.29, 1.82) is 5.26 Å². The lowest BCUT2D eigenvalue weighted by Crippen LogP contribution is -2.48. The average molecular weight is 369 g/mol. The van der Waals surface area contributed by atoms with Crippen molar-refractivity contribution in [2.24, 2.45) is 0 Å². The number of hydrogen-bond donors (Lipinski definition) is 2. The molecule has 8 nitrogen and oxygen atoms in total. The van der Waals surface area contributed by atoms with E-state index in [9.17, 15) is 22.4 Å². The van der Waals surface area contributed by atoms with Gasteiger partial charge >= 0.3 is 6.09 Å². The summed E-state index contributed by atoms with van der Waals surface area (Å²) in [6.07, 6.45) is -0.960. The molecule has 0 radical (unpaired) electrons.